The van der Waals surface area contributed by atoms with Gasteiger partial charge in [-0.15, -0.1) is 0 Å². The number of rotatable bonds is 14. The van der Waals surface area contributed by atoms with Crippen LogP contribution >= 0.6 is 0 Å². The molecule has 0 spiro atoms. The molecule has 3 heterocycles. The lowest BCUT2D eigenvalue weighted by Gasteiger charge is -2.34. The molecule has 0 saturated carbocycles. The zero-order valence-corrected chi connectivity index (χ0v) is 25.1. The number of unbranched alkanes of at least 4 members (excludes halogenated alkanes) is 7. The molecule has 0 aliphatic carbocycles. The number of benzene rings is 2. The lowest BCUT2D eigenvalue weighted by atomic mass is 10.0. The molecule has 1 aliphatic heterocycles. The molecule has 1 N–H and O–H groups in total. The zero-order valence-electron chi connectivity index (χ0n) is 25.1. The van der Waals surface area contributed by atoms with E-state index in [0.717, 1.165) is 86.7 Å². The molecule has 1 saturated heterocycles. The van der Waals surface area contributed by atoms with Gasteiger partial charge in [0, 0.05) is 62.7 Å². The van der Waals surface area contributed by atoms with Gasteiger partial charge in [0.25, 0.3) is 0 Å². The Kier molecular flexibility index (Phi) is 11.1. The Morgan fingerprint density at radius 1 is 0.698 bits per heavy atom. The van der Waals surface area contributed by atoms with Gasteiger partial charge in [0.15, 0.2) is 0 Å². The summed E-state index contributed by atoms with van der Waals surface area (Å²) in [6, 6.07) is 24.2. The number of carbonyl (C=O) groups excluding carboxylic acids is 1. The van der Waals surface area contributed by atoms with Crippen molar-refractivity contribution in [3.63, 3.8) is 0 Å². The summed E-state index contributed by atoms with van der Waals surface area (Å²) in [6.07, 6.45) is 13.2. The standard InChI is InChI=1S/C35H43N7O/c36-34-31(29-16-9-7-10-17-29)28-32(30-18-11-8-12-19-30)39-42(34)23-14-6-4-2-1-3-5-13-20-33(43)40-24-26-41(27-25-40)35-37-21-15-22-38-35/h7-12,15-19,21-22,28,36H,1-6,13-14,20,23-27H2. The second-order valence-electron chi connectivity index (χ2n) is 11.2. The first kappa shape index (κ1) is 30.1. The molecule has 1 aliphatic rings. The summed E-state index contributed by atoms with van der Waals surface area (Å²) in [5.41, 5.74) is 4.39. The fourth-order valence-corrected chi connectivity index (χ4v) is 5.67. The van der Waals surface area contributed by atoms with Crippen molar-refractivity contribution in [3.05, 3.63) is 90.7 Å². The lowest BCUT2D eigenvalue weighted by molar-refractivity contribution is -0.131. The molecule has 0 atom stereocenters. The van der Waals surface area contributed by atoms with Gasteiger partial charge in [-0.1, -0.05) is 99.2 Å². The first-order valence-electron chi connectivity index (χ1n) is 15.8. The average Bonchev–Trinajstić information content (AvgIpc) is 3.07. The summed E-state index contributed by atoms with van der Waals surface area (Å²) in [7, 11) is 0. The maximum absolute atomic E-state index is 12.6. The summed E-state index contributed by atoms with van der Waals surface area (Å²) in [6.45, 7) is 3.82. The average molecular weight is 578 g/mol. The highest BCUT2D eigenvalue weighted by Gasteiger charge is 2.22. The van der Waals surface area contributed by atoms with Crippen LogP contribution in [0.5, 0.6) is 0 Å². The van der Waals surface area contributed by atoms with Crippen molar-refractivity contribution in [3.8, 4) is 22.4 Å². The van der Waals surface area contributed by atoms with Crippen LogP contribution < -0.4 is 10.4 Å². The van der Waals surface area contributed by atoms with E-state index in [-0.39, 0.29) is 5.91 Å². The molecule has 1 fully saturated rings. The SMILES string of the molecule is N=c1c(-c2ccccc2)cc(-c2ccccc2)nn1CCCCCCCCCCC(=O)N1CCN(c2ncccn2)CC1. The van der Waals surface area contributed by atoms with Gasteiger partial charge in [-0.2, -0.15) is 5.10 Å². The highest BCUT2D eigenvalue weighted by molar-refractivity contribution is 5.76. The van der Waals surface area contributed by atoms with Crippen molar-refractivity contribution >= 4 is 11.9 Å². The first-order valence-corrected chi connectivity index (χ1v) is 15.8. The summed E-state index contributed by atoms with van der Waals surface area (Å²) < 4.78 is 1.87. The molecule has 2 aromatic heterocycles. The minimum atomic E-state index is 0.278. The first-order chi connectivity index (χ1) is 21.2. The van der Waals surface area contributed by atoms with Gasteiger partial charge in [-0.05, 0) is 30.5 Å². The van der Waals surface area contributed by atoms with E-state index in [9.17, 15) is 4.79 Å². The van der Waals surface area contributed by atoms with Crippen LogP contribution in [0.1, 0.15) is 57.8 Å². The molecular formula is C35H43N7O. The number of hydrogen-bond donors (Lipinski definition) is 1. The Labute approximate surface area is 254 Å². The van der Waals surface area contributed by atoms with Gasteiger partial charge in [-0.3, -0.25) is 10.2 Å². The third kappa shape index (κ3) is 8.60. The van der Waals surface area contributed by atoms with Crippen LogP contribution in [-0.2, 0) is 11.3 Å². The molecule has 8 nitrogen and oxygen atoms in total. The number of aryl methyl sites for hydroxylation is 1. The fourth-order valence-electron chi connectivity index (χ4n) is 5.67. The van der Waals surface area contributed by atoms with Crippen molar-refractivity contribution in [1.82, 2.24) is 24.6 Å². The number of nitrogens with zero attached hydrogens (tertiary/aromatic N) is 6. The Morgan fingerprint density at radius 2 is 1.28 bits per heavy atom. The largest absolute Gasteiger partial charge is 0.339 e. The minimum Gasteiger partial charge on any atom is -0.339 e. The topological polar surface area (TPSA) is 91.0 Å². The van der Waals surface area contributed by atoms with E-state index in [0.29, 0.717) is 11.9 Å². The molecule has 0 bridgehead atoms. The normalized spacial score (nSPS) is 13.3. The Balaban J connectivity index is 0.983. The summed E-state index contributed by atoms with van der Waals surface area (Å²) in [5.74, 6) is 1.03. The van der Waals surface area contributed by atoms with Crippen molar-refractivity contribution in [2.24, 2.45) is 0 Å². The van der Waals surface area contributed by atoms with Gasteiger partial charge >= 0.3 is 0 Å². The molecule has 0 radical (unpaired) electrons. The second kappa shape index (κ2) is 15.8. The number of amides is 1. The number of aromatic nitrogens is 4. The quantitative estimate of drug-likeness (QED) is 0.177. The van der Waals surface area contributed by atoms with Crippen LogP contribution in [0, 0.1) is 5.41 Å². The van der Waals surface area contributed by atoms with E-state index in [2.05, 4.69) is 39.1 Å². The minimum absolute atomic E-state index is 0.278. The molecule has 0 unspecified atom stereocenters. The summed E-state index contributed by atoms with van der Waals surface area (Å²) in [5, 5.41) is 13.7. The molecule has 224 valence electrons. The molecule has 5 rings (SSSR count). The van der Waals surface area contributed by atoms with Crippen LogP contribution in [0.15, 0.2) is 85.2 Å². The highest BCUT2D eigenvalue weighted by atomic mass is 16.2. The van der Waals surface area contributed by atoms with Crippen molar-refractivity contribution < 1.29 is 4.79 Å². The number of carbonyl (C=O) groups is 1. The second-order valence-corrected chi connectivity index (χ2v) is 11.2. The predicted molar refractivity (Wildman–Crippen MR) is 171 cm³/mol. The van der Waals surface area contributed by atoms with Gasteiger partial charge in [0.1, 0.15) is 5.49 Å². The molecule has 4 aromatic rings. The van der Waals surface area contributed by atoms with Crippen molar-refractivity contribution in [2.45, 2.75) is 64.3 Å². The summed E-state index contributed by atoms with van der Waals surface area (Å²) in [4.78, 5) is 25.4. The van der Waals surface area contributed by atoms with Crippen LogP contribution in [0.4, 0.5) is 5.95 Å². The fraction of sp³-hybridized carbons (Fsp3) is 0.400. The third-order valence-electron chi connectivity index (χ3n) is 8.16. The lowest BCUT2D eigenvalue weighted by Crippen LogP contribution is -2.49. The van der Waals surface area contributed by atoms with E-state index in [1.807, 2.05) is 58.1 Å². The van der Waals surface area contributed by atoms with E-state index < -0.39 is 0 Å². The molecule has 8 heteroatoms. The maximum atomic E-state index is 12.6. The van der Waals surface area contributed by atoms with Gasteiger partial charge in [0.2, 0.25) is 11.9 Å². The third-order valence-corrected chi connectivity index (χ3v) is 8.16. The molecule has 2 aromatic carbocycles. The summed E-state index contributed by atoms with van der Waals surface area (Å²) >= 11 is 0. The van der Waals surface area contributed by atoms with Crippen molar-refractivity contribution in [2.75, 3.05) is 31.1 Å². The number of hydrogen-bond acceptors (Lipinski definition) is 6. The Bertz CT molecular complexity index is 1470. The smallest absolute Gasteiger partial charge is 0.225 e. The van der Waals surface area contributed by atoms with Crippen LogP contribution in [0.2, 0.25) is 0 Å². The van der Waals surface area contributed by atoms with Crippen LogP contribution in [-0.4, -0.2) is 56.7 Å². The Morgan fingerprint density at radius 3 is 1.93 bits per heavy atom. The highest BCUT2D eigenvalue weighted by Crippen LogP contribution is 2.22. The maximum Gasteiger partial charge on any atom is 0.225 e. The van der Waals surface area contributed by atoms with Gasteiger partial charge < -0.3 is 9.80 Å². The number of nitrogens with one attached hydrogen (secondary N) is 1. The zero-order chi connectivity index (χ0) is 29.7. The number of anilines is 1. The Hall–Kier alpha value is -4.33. The van der Waals surface area contributed by atoms with E-state index in [1.54, 1.807) is 12.4 Å². The molecule has 43 heavy (non-hydrogen) atoms. The molecular weight excluding hydrogens is 534 g/mol. The van der Waals surface area contributed by atoms with Crippen molar-refractivity contribution in [1.29, 1.82) is 5.41 Å². The van der Waals surface area contributed by atoms with E-state index >= 15 is 0 Å². The van der Waals surface area contributed by atoms with Crippen LogP contribution in [0.3, 0.4) is 0 Å². The monoisotopic (exact) mass is 577 g/mol. The van der Waals surface area contributed by atoms with Gasteiger partial charge in [0.05, 0.1) is 5.69 Å². The van der Waals surface area contributed by atoms with Crippen LogP contribution in [0.25, 0.3) is 22.4 Å². The molecule has 1 amide bonds. The number of piperazine rings is 1. The predicted octanol–water partition coefficient (Wildman–Crippen LogP) is 6.35. The van der Waals surface area contributed by atoms with E-state index in [1.165, 1.54) is 25.7 Å². The van der Waals surface area contributed by atoms with E-state index in [4.69, 9.17) is 10.5 Å². The van der Waals surface area contributed by atoms with Gasteiger partial charge in [-0.25, -0.2) is 14.6 Å².